The average Bonchev–Trinajstić information content (AvgIpc) is 2.68. The smallest absolute Gasteiger partial charge is 0.223 e. The van der Waals surface area contributed by atoms with E-state index in [1.54, 1.807) is 0 Å². The highest BCUT2D eigenvalue weighted by atomic mass is 15.1. The maximum Gasteiger partial charge on any atom is 0.223 e. The zero-order valence-corrected chi connectivity index (χ0v) is 14.2. The van der Waals surface area contributed by atoms with Crippen molar-refractivity contribution in [2.24, 2.45) is 11.8 Å². The molecule has 2 heterocycles. The SMILES string of the molecule is CB1C(CC2B(C)N(C)C(C)C2C)C(C)C(C)N1C. The largest absolute Gasteiger partial charge is 0.342 e. The van der Waals surface area contributed by atoms with Gasteiger partial charge in [0.2, 0.25) is 13.7 Å². The molecular formula is C15H32B2N2. The topological polar surface area (TPSA) is 6.48 Å². The van der Waals surface area contributed by atoms with Crippen LogP contribution in [0.3, 0.4) is 0 Å². The van der Waals surface area contributed by atoms with Gasteiger partial charge in [0.15, 0.2) is 0 Å². The third-order valence-corrected chi connectivity index (χ3v) is 7.23. The number of hydrogen-bond acceptors (Lipinski definition) is 2. The lowest BCUT2D eigenvalue weighted by Crippen LogP contribution is -2.35. The lowest BCUT2D eigenvalue weighted by atomic mass is 9.43. The Morgan fingerprint density at radius 2 is 1.05 bits per heavy atom. The molecule has 6 atom stereocenters. The van der Waals surface area contributed by atoms with Gasteiger partial charge >= 0.3 is 0 Å². The number of rotatable bonds is 2. The van der Waals surface area contributed by atoms with Crippen LogP contribution in [0.5, 0.6) is 0 Å². The van der Waals surface area contributed by atoms with Crippen molar-refractivity contribution < 1.29 is 0 Å². The molecule has 6 unspecified atom stereocenters. The first-order valence-electron chi connectivity index (χ1n) is 8.21. The minimum atomic E-state index is 0.738. The van der Waals surface area contributed by atoms with Crippen LogP contribution in [0.25, 0.3) is 0 Å². The van der Waals surface area contributed by atoms with Gasteiger partial charge in [0.25, 0.3) is 0 Å². The zero-order chi connectivity index (χ0) is 14.5. The molecule has 0 spiro atoms. The van der Waals surface area contributed by atoms with E-state index >= 15 is 0 Å². The predicted octanol–water partition coefficient (Wildman–Crippen LogP) is 3.30. The van der Waals surface area contributed by atoms with Crippen molar-refractivity contribution in [1.29, 1.82) is 0 Å². The Balaban J connectivity index is 2.09. The first-order chi connectivity index (χ1) is 8.77. The molecule has 2 saturated heterocycles. The molecule has 2 rings (SSSR count). The Labute approximate surface area is 121 Å². The van der Waals surface area contributed by atoms with Crippen molar-refractivity contribution in [1.82, 2.24) is 9.62 Å². The van der Waals surface area contributed by atoms with Crippen molar-refractivity contribution in [2.75, 3.05) is 14.1 Å². The molecule has 0 saturated carbocycles. The second-order valence-corrected chi connectivity index (χ2v) is 7.57. The van der Waals surface area contributed by atoms with Gasteiger partial charge in [-0.2, -0.15) is 0 Å². The van der Waals surface area contributed by atoms with Crippen molar-refractivity contribution >= 4 is 13.7 Å². The van der Waals surface area contributed by atoms with E-state index in [2.05, 4.69) is 65.1 Å². The minimum absolute atomic E-state index is 0.738. The van der Waals surface area contributed by atoms with E-state index in [1.165, 1.54) is 6.42 Å². The number of hydrogen-bond donors (Lipinski definition) is 0. The molecule has 108 valence electrons. The summed E-state index contributed by atoms with van der Waals surface area (Å²) in [6.07, 6.45) is 1.41. The van der Waals surface area contributed by atoms with Gasteiger partial charge < -0.3 is 9.62 Å². The first-order valence-corrected chi connectivity index (χ1v) is 8.21. The Morgan fingerprint density at radius 3 is 1.26 bits per heavy atom. The standard InChI is InChI=1S/C15H32B2N2/c1-10-12(3)18(7)16(5)14(10)9-15-11(2)13(4)19(8)17(15)6/h10-15H,9H2,1-8H3. The summed E-state index contributed by atoms with van der Waals surface area (Å²) in [5.74, 6) is 3.41. The van der Waals surface area contributed by atoms with E-state index in [0.29, 0.717) is 0 Å². The van der Waals surface area contributed by atoms with Gasteiger partial charge in [0, 0.05) is 0 Å². The van der Waals surface area contributed by atoms with Crippen LogP contribution >= 0.6 is 0 Å². The van der Waals surface area contributed by atoms with Gasteiger partial charge in [-0.05, 0) is 49.6 Å². The van der Waals surface area contributed by atoms with Crippen LogP contribution in [0.1, 0.15) is 34.1 Å². The van der Waals surface area contributed by atoms with E-state index < -0.39 is 0 Å². The number of nitrogens with zero attached hydrogens (tertiary/aromatic N) is 2. The van der Waals surface area contributed by atoms with Gasteiger partial charge in [-0.15, -0.1) is 0 Å². The van der Waals surface area contributed by atoms with E-state index in [4.69, 9.17) is 0 Å². The molecule has 4 heteroatoms. The highest BCUT2D eigenvalue weighted by Gasteiger charge is 2.48. The van der Waals surface area contributed by atoms with Crippen LogP contribution < -0.4 is 0 Å². The van der Waals surface area contributed by atoms with Crippen LogP contribution in [0.2, 0.25) is 25.3 Å². The van der Waals surface area contributed by atoms with Gasteiger partial charge in [-0.25, -0.2) is 0 Å². The highest BCUT2D eigenvalue weighted by Crippen LogP contribution is 2.48. The second kappa shape index (κ2) is 5.44. The lowest BCUT2D eigenvalue weighted by molar-refractivity contribution is 0.322. The van der Waals surface area contributed by atoms with Crippen molar-refractivity contribution in [2.45, 2.75) is 71.5 Å². The van der Waals surface area contributed by atoms with Crippen LogP contribution in [-0.2, 0) is 0 Å². The lowest BCUT2D eigenvalue weighted by Gasteiger charge is -2.26. The summed E-state index contributed by atoms with van der Waals surface area (Å²) in [7, 11) is 4.62. The first kappa shape index (κ1) is 15.4. The minimum Gasteiger partial charge on any atom is -0.342 e. The third-order valence-electron chi connectivity index (χ3n) is 7.23. The van der Waals surface area contributed by atoms with Crippen molar-refractivity contribution in [3.05, 3.63) is 0 Å². The van der Waals surface area contributed by atoms with E-state index in [9.17, 15) is 0 Å². The zero-order valence-electron chi connectivity index (χ0n) is 14.2. The third kappa shape index (κ3) is 2.40. The molecule has 2 fully saturated rings. The molecule has 0 radical (unpaired) electrons. The molecular weight excluding hydrogens is 230 g/mol. The van der Waals surface area contributed by atoms with Crippen LogP contribution in [0.4, 0.5) is 0 Å². The fourth-order valence-electron chi connectivity index (χ4n) is 4.82. The molecule has 0 aromatic carbocycles. The highest BCUT2D eigenvalue weighted by molar-refractivity contribution is 6.59. The van der Waals surface area contributed by atoms with Crippen LogP contribution in [-0.4, -0.2) is 49.5 Å². The van der Waals surface area contributed by atoms with E-state index in [0.717, 1.165) is 49.2 Å². The molecule has 0 aromatic heterocycles. The van der Waals surface area contributed by atoms with Gasteiger partial charge in [0.1, 0.15) is 0 Å². The molecule has 2 aliphatic heterocycles. The summed E-state index contributed by atoms with van der Waals surface area (Å²) in [5.41, 5.74) is 0. The van der Waals surface area contributed by atoms with E-state index in [-0.39, 0.29) is 0 Å². The summed E-state index contributed by atoms with van der Waals surface area (Å²) < 4.78 is 0. The summed E-state index contributed by atoms with van der Waals surface area (Å²) in [6.45, 7) is 16.1. The fraction of sp³-hybridized carbons (Fsp3) is 1.00. The summed E-state index contributed by atoms with van der Waals surface area (Å²) in [4.78, 5) is 5.18. The maximum atomic E-state index is 2.59. The molecule has 0 aromatic rings. The normalized spacial score (nSPS) is 45.5. The maximum absolute atomic E-state index is 2.59. The molecule has 0 amide bonds. The molecule has 0 N–H and O–H groups in total. The predicted molar refractivity (Wildman–Crippen MR) is 88.1 cm³/mol. The van der Waals surface area contributed by atoms with Gasteiger partial charge in [-0.3, -0.25) is 0 Å². The molecule has 0 aliphatic carbocycles. The average molecular weight is 262 g/mol. The fourth-order valence-corrected chi connectivity index (χ4v) is 4.82. The Hall–Kier alpha value is 0.0499. The van der Waals surface area contributed by atoms with Gasteiger partial charge in [-0.1, -0.05) is 47.8 Å². The van der Waals surface area contributed by atoms with Gasteiger partial charge in [0.05, 0.1) is 0 Å². The van der Waals surface area contributed by atoms with Crippen LogP contribution in [0, 0.1) is 11.8 Å². The van der Waals surface area contributed by atoms with E-state index in [1.807, 2.05) is 0 Å². The van der Waals surface area contributed by atoms with Crippen molar-refractivity contribution in [3.8, 4) is 0 Å². The summed E-state index contributed by atoms with van der Waals surface area (Å²) in [6, 6.07) is 1.48. The molecule has 0 bridgehead atoms. The monoisotopic (exact) mass is 262 g/mol. The summed E-state index contributed by atoms with van der Waals surface area (Å²) >= 11 is 0. The Bertz CT molecular complexity index is 267. The molecule has 2 aliphatic rings. The van der Waals surface area contributed by atoms with Crippen molar-refractivity contribution in [3.63, 3.8) is 0 Å². The van der Waals surface area contributed by atoms with Crippen LogP contribution in [0.15, 0.2) is 0 Å². The summed E-state index contributed by atoms with van der Waals surface area (Å²) in [5, 5.41) is 0. The Morgan fingerprint density at radius 1 is 0.737 bits per heavy atom. The quantitative estimate of drug-likeness (QED) is 0.704. The second-order valence-electron chi connectivity index (χ2n) is 7.57. The Kier molecular flexibility index (Phi) is 4.42. The molecule has 19 heavy (non-hydrogen) atoms. The molecule has 2 nitrogen and oxygen atoms in total.